The van der Waals surface area contributed by atoms with Crippen LogP contribution in [-0.2, 0) is 10.9 Å². The molecule has 0 bridgehead atoms. The molecule has 6 atom stereocenters. The number of benzene rings is 2. The fraction of sp³-hybridized carbons (Fsp3) is 0.500. The van der Waals surface area contributed by atoms with Crippen LogP contribution in [0, 0.1) is 17.5 Å². The van der Waals surface area contributed by atoms with Crippen molar-refractivity contribution in [2.75, 3.05) is 6.61 Å². The summed E-state index contributed by atoms with van der Waals surface area (Å²) in [4.78, 5) is 0. The maximum absolute atomic E-state index is 14.1. The molecular formula is C28H27F8N3O5S. The molecule has 17 heteroatoms. The number of halogens is 8. The molecule has 0 radical (unpaired) electrons. The van der Waals surface area contributed by atoms with Crippen LogP contribution in [0.15, 0.2) is 42.6 Å². The zero-order chi connectivity index (χ0) is 32.9. The molecule has 246 valence electrons. The van der Waals surface area contributed by atoms with Crippen LogP contribution in [0.3, 0.4) is 0 Å². The monoisotopic (exact) mass is 669 g/mol. The number of thioether (sulfide) groups is 1. The van der Waals surface area contributed by atoms with Crippen molar-refractivity contribution in [2.24, 2.45) is 0 Å². The minimum absolute atomic E-state index is 0.210. The molecule has 0 spiro atoms. The van der Waals surface area contributed by atoms with Gasteiger partial charge < -0.3 is 25.2 Å². The summed E-state index contributed by atoms with van der Waals surface area (Å²) in [6, 6.07) is 4.00. The summed E-state index contributed by atoms with van der Waals surface area (Å²) in [5.74, 6) is -7.92. The van der Waals surface area contributed by atoms with Crippen molar-refractivity contribution in [3.8, 4) is 11.3 Å². The molecule has 2 fully saturated rings. The van der Waals surface area contributed by atoms with Crippen LogP contribution in [0.25, 0.3) is 11.3 Å². The van der Waals surface area contributed by atoms with Crippen LogP contribution in [0.2, 0.25) is 0 Å². The lowest BCUT2D eigenvalue weighted by Gasteiger charge is -2.46. The van der Waals surface area contributed by atoms with E-state index in [9.17, 15) is 55.5 Å². The predicted molar refractivity (Wildman–Crippen MR) is 142 cm³/mol. The summed E-state index contributed by atoms with van der Waals surface area (Å²) < 4.78 is 118. The quantitative estimate of drug-likeness (QED) is 0.210. The van der Waals surface area contributed by atoms with Gasteiger partial charge in [0.25, 0.3) is 0 Å². The normalized spacial score (nSPS) is 27.3. The molecule has 0 amide bonds. The average molecular weight is 670 g/mol. The van der Waals surface area contributed by atoms with E-state index in [1.165, 1.54) is 6.07 Å². The molecule has 5 rings (SSSR count). The first-order valence-electron chi connectivity index (χ1n) is 13.7. The Balaban J connectivity index is 1.52. The molecule has 2 heterocycles. The van der Waals surface area contributed by atoms with E-state index in [4.69, 9.17) is 4.74 Å². The van der Waals surface area contributed by atoms with E-state index in [0.717, 1.165) is 29.1 Å². The Bertz CT molecular complexity index is 1490. The minimum Gasteiger partial charge on any atom is -0.394 e. The molecule has 1 aliphatic heterocycles. The van der Waals surface area contributed by atoms with Crippen molar-refractivity contribution in [2.45, 2.75) is 78.4 Å². The average Bonchev–Trinajstić information content (AvgIpc) is 3.46. The van der Waals surface area contributed by atoms with Crippen molar-refractivity contribution in [3.63, 3.8) is 0 Å². The van der Waals surface area contributed by atoms with Gasteiger partial charge in [-0.25, -0.2) is 26.6 Å². The van der Waals surface area contributed by atoms with Gasteiger partial charge in [-0.15, -0.1) is 16.9 Å². The molecule has 3 aromatic rings. The predicted octanol–water partition coefficient (Wildman–Crippen LogP) is 4.78. The number of aliphatic hydroxyl groups excluding tert-OH is 3. The first-order valence-corrected chi connectivity index (χ1v) is 14.6. The SMILES string of the molecule is OC[C@H]1O[C@@H](SC(c2ccccc2C(F)(F)F)C2(O)CCC(F)(F)CC2)[C@H](O)[C@@H](n2cc(-c3cc(F)c(F)c(F)c3)nn2)[C@H]1O. The van der Waals surface area contributed by atoms with Gasteiger partial charge in [-0.1, -0.05) is 23.4 Å². The molecule has 1 saturated heterocycles. The summed E-state index contributed by atoms with van der Waals surface area (Å²) in [6.45, 7) is -0.850. The number of rotatable bonds is 7. The van der Waals surface area contributed by atoms with Gasteiger partial charge in [0.15, 0.2) is 17.5 Å². The Morgan fingerprint density at radius 1 is 1.00 bits per heavy atom. The van der Waals surface area contributed by atoms with Gasteiger partial charge in [0.2, 0.25) is 5.92 Å². The lowest BCUT2D eigenvalue weighted by molar-refractivity contribution is -0.179. The summed E-state index contributed by atoms with van der Waals surface area (Å²) in [5.41, 5.74) is -5.76. The number of alkyl halides is 5. The summed E-state index contributed by atoms with van der Waals surface area (Å²) in [6.07, 6.45) is -11.6. The van der Waals surface area contributed by atoms with Gasteiger partial charge in [-0.3, -0.25) is 0 Å². The Hall–Kier alpha value is -2.83. The molecule has 1 aromatic heterocycles. The number of hydrogen-bond donors (Lipinski definition) is 4. The number of aromatic nitrogens is 3. The summed E-state index contributed by atoms with van der Waals surface area (Å²) >= 11 is 0.499. The number of ether oxygens (including phenoxy) is 1. The molecule has 1 aliphatic carbocycles. The van der Waals surface area contributed by atoms with Crippen LogP contribution in [0.1, 0.15) is 48.1 Å². The third-order valence-corrected chi connectivity index (χ3v) is 9.72. The molecular weight excluding hydrogens is 642 g/mol. The topological polar surface area (TPSA) is 121 Å². The third kappa shape index (κ3) is 6.69. The van der Waals surface area contributed by atoms with Crippen molar-refractivity contribution < 1.29 is 60.3 Å². The van der Waals surface area contributed by atoms with E-state index in [1.807, 2.05) is 0 Å². The van der Waals surface area contributed by atoms with Crippen LogP contribution >= 0.6 is 11.8 Å². The Labute approximate surface area is 254 Å². The highest BCUT2D eigenvalue weighted by molar-refractivity contribution is 8.00. The summed E-state index contributed by atoms with van der Waals surface area (Å²) in [7, 11) is 0. The highest BCUT2D eigenvalue weighted by Crippen LogP contribution is 2.54. The fourth-order valence-electron chi connectivity index (χ4n) is 5.67. The molecule has 1 unspecified atom stereocenters. The Morgan fingerprint density at radius 3 is 2.22 bits per heavy atom. The zero-order valence-corrected chi connectivity index (χ0v) is 23.8. The Morgan fingerprint density at radius 2 is 1.62 bits per heavy atom. The molecule has 2 aliphatic rings. The second kappa shape index (κ2) is 12.4. The number of hydrogen-bond acceptors (Lipinski definition) is 8. The van der Waals surface area contributed by atoms with Crippen LogP contribution in [-0.4, -0.2) is 77.3 Å². The van der Waals surface area contributed by atoms with E-state index in [1.54, 1.807) is 0 Å². The lowest BCUT2D eigenvalue weighted by Crippen LogP contribution is -2.55. The van der Waals surface area contributed by atoms with Gasteiger partial charge in [0.05, 0.1) is 29.2 Å². The van der Waals surface area contributed by atoms with E-state index in [-0.39, 0.29) is 11.3 Å². The number of aliphatic hydroxyl groups is 4. The number of nitrogens with zero attached hydrogens (tertiary/aromatic N) is 3. The molecule has 1 saturated carbocycles. The maximum atomic E-state index is 14.1. The molecule has 8 nitrogen and oxygen atoms in total. The van der Waals surface area contributed by atoms with E-state index in [2.05, 4.69) is 10.3 Å². The third-order valence-electron chi connectivity index (χ3n) is 8.10. The van der Waals surface area contributed by atoms with E-state index in [0.29, 0.717) is 23.9 Å². The van der Waals surface area contributed by atoms with Gasteiger partial charge in [-0.05, 0) is 36.6 Å². The van der Waals surface area contributed by atoms with Crippen LogP contribution in [0.4, 0.5) is 35.1 Å². The fourth-order valence-corrected chi connectivity index (χ4v) is 7.31. The highest BCUT2D eigenvalue weighted by atomic mass is 32.2. The van der Waals surface area contributed by atoms with Gasteiger partial charge in [0, 0.05) is 18.4 Å². The minimum atomic E-state index is -4.90. The van der Waals surface area contributed by atoms with Crippen molar-refractivity contribution in [3.05, 3.63) is 71.2 Å². The van der Waals surface area contributed by atoms with Crippen molar-refractivity contribution in [1.29, 1.82) is 0 Å². The molecule has 45 heavy (non-hydrogen) atoms. The van der Waals surface area contributed by atoms with Crippen molar-refractivity contribution >= 4 is 11.8 Å². The summed E-state index contributed by atoms with van der Waals surface area (Å²) in [5, 5.41) is 49.8. The van der Waals surface area contributed by atoms with Crippen LogP contribution < -0.4 is 0 Å². The largest absolute Gasteiger partial charge is 0.416 e. The maximum Gasteiger partial charge on any atom is 0.416 e. The smallest absolute Gasteiger partial charge is 0.394 e. The van der Waals surface area contributed by atoms with Gasteiger partial charge in [-0.2, -0.15) is 13.2 Å². The van der Waals surface area contributed by atoms with E-state index < -0.39 is 114 Å². The van der Waals surface area contributed by atoms with E-state index >= 15 is 0 Å². The zero-order valence-electron chi connectivity index (χ0n) is 23.0. The van der Waals surface area contributed by atoms with Gasteiger partial charge >= 0.3 is 6.18 Å². The first-order chi connectivity index (χ1) is 21.0. The lowest BCUT2D eigenvalue weighted by atomic mass is 9.77. The van der Waals surface area contributed by atoms with Gasteiger partial charge in [0.1, 0.15) is 35.5 Å². The highest BCUT2D eigenvalue weighted by Gasteiger charge is 2.53. The van der Waals surface area contributed by atoms with Crippen molar-refractivity contribution in [1.82, 2.24) is 15.0 Å². The standard InChI is InChI=1S/C28H27F8N3O5S/c29-16-9-13(10-17(30)20(16)31)18-11-39(38-37-18)21-22(41)19(12-40)44-25(23(21)42)45-24(26(43)5-7-27(32,33)8-6-26)14-3-1-2-4-15(14)28(34,35)36/h1-4,9-11,19,21-25,40-43H,5-8,12H2/t19-,21+,22+,23-,24?,25+/m1/s1. The first kappa shape index (κ1) is 33.5. The Kier molecular flexibility index (Phi) is 9.25. The molecule has 2 aromatic carbocycles. The second-order valence-electron chi connectivity index (χ2n) is 11.1. The molecule has 4 N–H and O–H groups in total. The second-order valence-corrected chi connectivity index (χ2v) is 12.3. The van der Waals surface area contributed by atoms with Crippen LogP contribution in [0.5, 0.6) is 0 Å².